The summed E-state index contributed by atoms with van der Waals surface area (Å²) in [5, 5.41) is 6.37. The summed E-state index contributed by atoms with van der Waals surface area (Å²) < 4.78 is 18.7. The Morgan fingerprint density at radius 1 is 1.55 bits per heavy atom. The highest BCUT2D eigenvalue weighted by atomic mass is 79.9. The second kappa shape index (κ2) is 6.47. The average Bonchev–Trinajstić information content (AvgIpc) is 2.90. The fourth-order valence-corrected chi connectivity index (χ4v) is 1.93. The smallest absolute Gasteiger partial charge is 0.260 e. The number of aromatic amines is 1. The van der Waals surface area contributed by atoms with Crippen LogP contribution in [-0.4, -0.2) is 39.6 Å². The summed E-state index contributed by atoms with van der Waals surface area (Å²) >= 11 is 3.17. The maximum Gasteiger partial charge on any atom is 0.260 e. The molecule has 0 radical (unpaired) electrons. The van der Waals surface area contributed by atoms with E-state index in [0.717, 1.165) is 0 Å². The first kappa shape index (κ1) is 14.4. The number of carbonyl (C=O) groups excluding carboxylic acids is 1. The van der Waals surface area contributed by atoms with Crippen LogP contribution in [0.2, 0.25) is 0 Å². The molecule has 0 aliphatic heterocycles. The molecule has 6 nitrogen and oxygen atoms in total. The Morgan fingerprint density at radius 2 is 2.35 bits per heavy atom. The molecule has 0 unspecified atom stereocenters. The molecule has 8 heteroatoms. The second-order valence-electron chi connectivity index (χ2n) is 4.05. The van der Waals surface area contributed by atoms with Gasteiger partial charge in [-0.25, -0.2) is 9.37 Å². The van der Waals surface area contributed by atoms with Gasteiger partial charge in [0.25, 0.3) is 5.91 Å². The van der Waals surface area contributed by atoms with Gasteiger partial charge in [-0.2, -0.15) is 5.10 Å². The van der Waals surface area contributed by atoms with Gasteiger partial charge in [-0.1, -0.05) is 0 Å². The molecule has 0 fully saturated rings. The summed E-state index contributed by atoms with van der Waals surface area (Å²) in [6.45, 7) is 0.168. The summed E-state index contributed by atoms with van der Waals surface area (Å²) in [6, 6.07) is 4.00. The van der Waals surface area contributed by atoms with E-state index in [0.29, 0.717) is 22.6 Å². The van der Waals surface area contributed by atoms with Crippen molar-refractivity contribution in [3.05, 3.63) is 40.6 Å². The van der Waals surface area contributed by atoms with E-state index in [-0.39, 0.29) is 18.3 Å². The van der Waals surface area contributed by atoms with Crippen molar-refractivity contribution in [3.8, 4) is 5.75 Å². The topological polar surface area (TPSA) is 71.1 Å². The van der Waals surface area contributed by atoms with E-state index in [1.165, 1.54) is 29.4 Å². The molecule has 0 aliphatic rings. The third-order valence-electron chi connectivity index (χ3n) is 2.52. The lowest BCUT2D eigenvalue weighted by Gasteiger charge is -2.16. The van der Waals surface area contributed by atoms with Crippen LogP contribution in [0.4, 0.5) is 4.39 Å². The van der Waals surface area contributed by atoms with Crippen molar-refractivity contribution < 1.29 is 13.9 Å². The Bertz CT molecular complexity index is 591. The van der Waals surface area contributed by atoms with Crippen molar-refractivity contribution in [2.24, 2.45) is 0 Å². The molecule has 2 rings (SSSR count). The minimum atomic E-state index is -0.377. The third kappa shape index (κ3) is 3.77. The normalized spacial score (nSPS) is 10.3. The number of hydrogen-bond acceptors (Lipinski definition) is 4. The number of H-pyrrole nitrogens is 1. The second-order valence-corrected chi connectivity index (χ2v) is 4.90. The number of aromatic nitrogens is 3. The van der Waals surface area contributed by atoms with Gasteiger partial charge in [0.1, 0.15) is 23.7 Å². The first-order valence-corrected chi connectivity index (χ1v) is 6.51. The van der Waals surface area contributed by atoms with Gasteiger partial charge in [-0.3, -0.25) is 9.89 Å². The van der Waals surface area contributed by atoms with Crippen LogP contribution < -0.4 is 4.74 Å². The van der Waals surface area contributed by atoms with Crippen molar-refractivity contribution in [2.45, 2.75) is 6.54 Å². The van der Waals surface area contributed by atoms with E-state index >= 15 is 0 Å². The van der Waals surface area contributed by atoms with Crippen LogP contribution in [0.15, 0.2) is 29.0 Å². The third-order valence-corrected chi connectivity index (χ3v) is 3.14. The van der Waals surface area contributed by atoms with Gasteiger partial charge in [-0.05, 0) is 34.1 Å². The largest absolute Gasteiger partial charge is 0.483 e. The van der Waals surface area contributed by atoms with Crippen molar-refractivity contribution in [1.82, 2.24) is 20.1 Å². The molecule has 1 aromatic carbocycles. The lowest BCUT2D eigenvalue weighted by molar-refractivity contribution is -0.132. The van der Waals surface area contributed by atoms with Gasteiger partial charge < -0.3 is 9.64 Å². The van der Waals surface area contributed by atoms with Crippen LogP contribution in [0.25, 0.3) is 0 Å². The molecule has 106 valence electrons. The maximum absolute atomic E-state index is 12.9. The minimum absolute atomic E-state index is 0.144. The lowest BCUT2D eigenvalue weighted by atomic mass is 10.3. The molecule has 2 aromatic rings. The highest BCUT2D eigenvalue weighted by Gasteiger charge is 2.12. The van der Waals surface area contributed by atoms with Gasteiger partial charge in [-0.15, -0.1) is 0 Å². The predicted molar refractivity (Wildman–Crippen MR) is 72.5 cm³/mol. The van der Waals surface area contributed by atoms with Crippen LogP contribution in [0.3, 0.4) is 0 Å². The van der Waals surface area contributed by atoms with E-state index in [4.69, 9.17) is 4.74 Å². The molecule has 1 aromatic heterocycles. The zero-order chi connectivity index (χ0) is 14.5. The summed E-state index contributed by atoms with van der Waals surface area (Å²) in [5.74, 6) is 0.396. The Morgan fingerprint density at radius 3 is 3.00 bits per heavy atom. The Kier molecular flexibility index (Phi) is 4.67. The number of ether oxygens (including phenoxy) is 1. The number of amides is 1. The van der Waals surface area contributed by atoms with Crippen LogP contribution in [0.5, 0.6) is 5.75 Å². The van der Waals surface area contributed by atoms with Crippen LogP contribution >= 0.6 is 15.9 Å². The van der Waals surface area contributed by atoms with E-state index in [1.807, 2.05) is 0 Å². The quantitative estimate of drug-likeness (QED) is 0.898. The monoisotopic (exact) mass is 342 g/mol. The van der Waals surface area contributed by atoms with Crippen molar-refractivity contribution in [3.63, 3.8) is 0 Å². The Balaban J connectivity index is 1.88. The number of carbonyl (C=O) groups is 1. The number of hydrogen-bond donors (Lipinski definition) is 1. The van der Waals surface area contributed by atoms with E-state index in [1.54, 1.807) is 7.05 Å². The molecule has 0 saturated heterocycles. The zero-order valence-corrected chi connectivity index (χ0v) is 12.2. The molecule has 20 heavy (non-hydrogen) atoms. The molecular weight excluding hydrogens is 331 g/mol. The molecular formula is C12H12BrFN4O2. The zero-order valence-electron chi connectivity index (χ0n) is 10.6. The minimum Gasteiger partial charge on any atom is -0.483 e. The van der Waals surface area contributed by atoms with Crippen LogP contribution in [-0.2, 0) is 11.3 Å². The van der Waals surface area contributed by atoms with Crippen molar-refractivity contribution in [2.75, 3.05) is 13.7 Å². The highest BCUT2D eigenvalue weighted by Crippen LogP contribution is 2.25. The fourth-order valence-electron chi connectivity index (χ4n) is 1.46. The Labute approximate surface area is 123 Å². The summed E-state index contributed by atoms with van der Waals surface area (Å²) in [4.78, 5) is 17.3. The molecule has 0 saturated carbocycles. The fraction of sp³-hybridized carbons (Fsp3) is 0.250. The van der Waals surface area contributed by atoms with Gasteiger partial charge >= 0.3 is 0 Å². The van der Waals surface area contributed by atoms with Gasteiger partial charge in [0.05, 0.1) is 11.0 Å². The molecule has 0 bridgehead atoms. The first-order valence-electron chi connectivity index (χ1n) is 5.72. The molecule has 1 amide bonds. The van der Waals surface area contributed by atoms with E-state index < -0.39 is 0 Å². The summed E-state index contributed by atoms with van der Waals surface area (Å²) in [6.07, 6.45) is 1.37. The number of nitrogens with one attached hydrogen (secondary N) is 1. The summed E-state index contributed by atoms with van der Waals surface area (Å²) in [7, 11) is 1.63. The standard InChI is InChI=1S/C12H12BrFN4O2/c1-18(5-11-15-7-16-17-11)12(19)6-20-10-3-2-8(14)4-9(10)13/h2-4,7H,5-6H2,1H3,(H,15,16,17). The van der Waals surface area contributed by atoms with Crippen LogP contribution in [0, 0.1) is 5.82 Å². The van der Waals surface area contributed by atoms with Gasteiger partial charge in [0.2, 0.25) is 0 Å². The van der Waals surface area contributed by atoms with Gasteiger partial charge in [0, 0.05) is 7.05 Å². The molecule has 1 heterocycles. The number of benzene rings is 1. The van der Waals surface area contributed by atoms with Gasteiger partial charge in [0.15, 0.2) is 6.61 Å². The van der Waals surface area contributed by atoms with Crippen LogP contribution in [0.1, 0.15) is 5.82 Å². The van der Waals surface area contributed by atoms with E-state index in [2.05, 4.69) is 31.1 Å². The number of nitrogens with zero attached hydrogens (tertiary/aromatic N) is 3. The maximum atomic E-state index is 12.9. The molecule has 1 N–H and O–H groups in total. The molecule has 0 spiro atoms. The van der Waals surface area contributed by atoms with Crippen molar-refractivity contribution in [1.29, 1.82) is 0 Å². The number of rotatable bonds is 5. The number of likely N-dealkylation sites (N-methyl/N-ethyl adjacent to an activating group) is 1. The summed E-state index contributed by atoms with van der Waals surface area (Å²) in [5.41, 5.74) is 0. The average molecular weight is 343 g/mol. The Hall–Kier alpha value is -1.96. The molecule has 0 aliphatic carbocycles. The van der Waals surface area contributed by atoms with E-state index in [9.17, 15) is 9.18 Å². The highest BCUT2D eigenvalue weighted by molar-refractivity contribution is 9.10. The first-order chi connectivity index (χ1) is 9.56. The van der Waals surface area contributed by atoms with Crippen molar-refractivity contribution >= 4 is 21.8 Å². The molecule has 0 atom stereocenters. The predicted octanol–water partition coefficient (Wildman–Crippen LogP) is 1.74. The lowest BCUT2D eigenvalue weighted by Crippen LogP contribution is -2.31. The SMILES string of the molecule is CN(Cc1ncn[nH]1)C(=O)COc1ccc(F)cc1Br. The number of halogens is 2.